The summed E-state index contributed by atoms with van der Waals surface area (Å²) >= 11 is 1.30. The number of thioether (sulfide) groups is 1. The minimum atomic E-state index is -0.140. The standard InChI is InChI=1S/C21H24N4O4S/c1-14-8-9-17(18(10-14)28-4)29-12-19-23-24-21(25(19)2)30-13-20(26)22-15-6-5-7-16(11-15)27-3/h5-11H,12-13H2,1-4H3,(H,22,26). The second kappa shape index (κ2) is 10.0. The first kappa shape index (κ1) is 21.5. The van der Waals surface area contributed by atoms with Crippen LogP contribution in [-0.2, 0) is 18.4 Å². The van der Waals surface area contributed by atoms with Crippen molar-refractivity contribution >= 4 is 23.4 Å². The molecule has 0 atom stereocenters. The van der Waals surface area contributed by atoms with Gasteiger partial charge in [-0.1, -0.05) is 23.9 Å². The number of anilines is 1. The van der Waals surface area contributed by atoms with Crippen LogP contribution in [0.2, 0.25) is 0 Å². The lowest BCUT2D eigenvalue weighted by Gasteiger charge is -2.11. The van der Waals surface area contributed by atoms with E-state index in [1.807, 2.05) is 54.9 Å². The molecular weight excluding hydrogens is 404 g/mol. The number of rotatable bonds is 9. The summed E-state index contributed by atoms with van der Waals surface area (Å²) in [5.74, 6) is 2.70. The first-order valence-corrected chi connectivity index (χ1v) is 10.2. The molecule has 0 bridgehead atoms. The molecule has 8 nitrogen and oxygen atoms in total. The van der Waals surface area contributed by atoms with E-state index in [1.54, 1.807) is 20.3 Å². The average Bonchev–Trinajstić information content (AvgIpc) is 3.10. The highest BCUT2D eigenvalue weighted by molar-refractivity contribution is 7.99. The number of nitrogens with zero attached hydrogens (tertiary/aromatic N) is 3. The Labute approximate surface area is 179 Å². The van der Waals surface area contributed by atoms with Crippen molar-refractivity contribution in [2.45, 2.75) is 18.7 Å². The van der Waals surface area contributed by atoms with Crippen molar-refractivity contribution in [3.63, 3.8) is 0 Å². The monoisotopic (exact) mass is 428 g/mol. The summed E-state index contributed by atoms with van der Waals surface area (Å²) in [6.07, 6.45) is 0. The highest BCUT2D eigenvalue weighted by Gasteiger charge is 2.13. The van der Waals surface area contributed by atoms with Crippen molar-refractivity contribution in [3.8, 4) is 17.2 Å². The predicted molar refractivity (Wildman–Crippen MR) is 115 cm³/mol. The summed E-state index contributed by atoms with van der Waals surface area (Å²) in [6, 6.07) is 12.9. The third-order valence-electron chi connectivity index (χ3n) is 4.29. The van der Waals surface area contributed by atoms with Crippen LogP contribution >= 0.6 is 11.8 Å². The number of nitrogens with one attached hydrogen (secondary N) is 1. The third-order valence-corrected chi connectivity index (χ3v) is 5.31. The third kappa shape index (κ3) is 5.44. The highest BCUT2D eigenvalue weighted by Crippen LogP contribution is 2.28. The molecule has 0 saturated heterocycles. The molecule has 1 N–H and O–H groups in total. The van der Waals surface area contributed by atoms with Crippen LogP contribution in [0.4, 0.5) is 5.69 Å². The first-order valence-electron chi connectivity index (χ1n) is 9.22. The van der Waals surface area contributed by atoms with Gasteiger partial charge >= 0.3 is 0 Å². The van der Waals surface area contributed by atoms with Crippen LogP contribution in [0.25, 0.3) is 0 Å². The maximum atomic E-state index is 12.2. The molecule has 0 aliphatic heterocycles. The zero-order valence-corrected chi connectivity index (χ0v) is 18.2. The van der Waals surface area contributed by atoms with Crippen LogP contribution in [-0.4, -0.2) is 40.6 Å². The molecule has 0 aliphatic rings. The van der Waals surface area contributed by atoms with E-state index in [0.717, 1.165) is 5.56 Å². The molecule has 3 rings (SSSR count). The van der Waals surface area contributed by atoms with Crippen molar-refractivity contribution in [3.05, 3.63) is 53.9 Å². The molecule has 1 aromatic heterocycles. The van der Waals surface area contributed by atoms with E-state index in [2.05, 4.69) is 15.5 Å². The lowest BCUT2D eigenvalue weighted by molar-refractivity contribution is -0.113. The Morgan fingerprint density at radius 2 is 1.93 bits per heavy atom. The van der Waals surface area contributed by atoms with Gasteiger partial charge in [0.25, 0.3) is 0 Å². The second-order valence-electron chi connectivity index (χ2n) is 6.47. The van der Waals surface area contributed by atoms with Crippen LogP contribution in [0.5, 0.6) is 17.2 Å². The van der Waals surface area contributed by atoms with Gasteiger partial charge < -0.3 is 24.1 Å². The summed E-state index contributed by atoms with van der Waals surface area (Å²) in [6.45, 7) is 2.22. The van der Waals surface area contributed by atoms with Gasteiger partial charge in [0.15, 0.2) is 22.5 Å². The van der Waals surface area contributed by atoms with E-state index in [1.165, 1.54) is 11.8 Å². The predicted octanol–water partition coefficient (Wildman–Crippen LogP) is 3.45. The molecule has 1 amide bonds. The number of ether oxygens (including phenoxy) is 3. The van der Waals surface area contributed by atoms with E-state index >= 15 is 0 Å². The largest absolute Gasteiger partial charge is 0.497 e. The van der Waals surface area contributed by atoms with E-state index < -0.39 is 0 Å². The smallest absolute Gasteiger partial charge is 0.234 e. The summed E-state index contributed by atoms with van der Waals surface area (Å²) < 4.78 is 18.2. The van der Waals surface area contributed by atoms with Gasteiger partial charge in [0.05, 0.1) is 20.0 Å². The number of amides is 1. The average molecular weight is 429 g/mol. The van der Waals surface area contributed by atoms with Crippen LogP contribution in [0.1, 0.15) is 11.4 Å². The lowest BCUT2D eigenvalue weighted by Crippen LogP contribution is -2.14. The molecule has 158 valence electrons. The van der Waals surface area contributed by atoms with Crippen LogP contribution in [0.3, 0.4) is 0 Å². The number of carbonyl (C=O) groups is 1. The number of hydrogen-bond acceptors (Lipinski definition) is 7. The maximum Gasteiger partial charge on any atom is 0.234 e. The second-order valence-corrected chi connectivity index (χ2v) is 7.41. The molecule has 0 saturated carbocycles. The van der Waals surface area contributed by atoms with Crippen molar-refractivity contribution in [1.29, 1.82) is 0 Å². The minimum absolute atomic E-state index is 0.140. The Morgan fingerprint density at radius 3 is 2.70 bits per heavy atom. The number of benzene rings is 2. The van der Waals surface area contributed by atoms with Gasteiger partial charge in [-0.3, -0.25) is 4.79 Å². The molecule has 0 aliphatic carbocycles. The minimum Gasteiger partial charge on any atom is -0.497 e. The number of methoxy groups -OCH3 is 2. The fraction of sp³-hybridized carbons (Fsp3) is 0.286. The van der Waals surface area contributed by atoms with Crippen molar-refractivity contribution in [2.24, 2.45) is 7.05 Å². The zero-order chi connectivity index (χ0) is 21.5. The molecule has 0 radical (unpaired) electrons. The Hall–Kier alpha value is -3.20. The molecule has 2 aromatic carbocycles. The topological polar surface area (TPSA) is 87.5 Å². The van der Waals surface area contributed by atoms with Gasteiger partial charge in [-0.25, -0.2) is 0 Å². The van der Waals surface area contributed by atoms with Gasteiger partial charge in [-0.05, 0) is 36.8 Å². The fourth-order valence-electron chi connectivity index (χ4n) is 2.66. The molecule has 0 spiro atoms. The number of hydrogen-bond donors (Lipinski definition) is 1. The summed E-state index contributed by atoms with van der Waals surface area (Å²) in [5.41, 5.74) is 1.77. The van der Waals surface area contributed by atoms with Gasteiger partial charge in [0.2, 0.25) is 5.91 Å². The van der Waals surface area contributed by atoms with E-state index in [0.29, 0.717) is 33.9 Å². The summed E-state index contributed by atoms with van der Waals surface area (Å²) in [5, 5.41) is 11.8. The van der Waals surface area contributed by atoms with Crippen molar-refractivity contribution < 1.29 is 19.0 Å². The van der Waals surface area contributed by atoms with Crippen molar-refractivity contribution in [2.75, 3.05) is 25.3 Å². The van der Waals surface area contributed by atoms with E-state index in [9.17, 15) is 4.79 Å². The Kier molecular flexibility index (Phi) is 7.18. The fourth-order valence-corrected chi connectivity index (χ4v) is 3.39. The first-order chi connectivity index (χ1) is 14.5. The van der Waals surface area contributed by atoms with Gasteiger partial charge in [0, 0.05) is 18.8 Å². The molecule has 30 heavy (non-hydrogen) atoms. The normalized spacial score (nSPS) is 10.5. The Bertz CT molecular complexity index is 1020. The quantitative estimate of drug-likeness (QED) is 0.522. The van der Waals surface area contributed by atoms with Crippen LogP contribution in [0, 0.1) is 6.92 Å². The van der Waals surface area contributed by atoms with Gasteiger partial charge in [-0.15, -0.1) is 10.2 Å². The van der Waals surface area contributed by atoms with E-state index in [4.69, 9.17) is 14.2 Å². The van der Waals surface area contributed by atoms with Crippen molar-refractivity contribution in [1.82, 2.24) is 14.8 Å². The zero-order valence-electron chi connectivity index (χ0n) is 17.3. The number of aromatic nitrogens is 3. The Balaban J connectivity index is 1.55. The van der Waals surface area contributed by atoms with E-state index in [-0.39, 0.29) is 18.3 Å². The Morgan fingerprint density at radius 1 is 1.10 bits per heavy atom. The maximum absolute atomic E-state index is 12.2. The molecule has 0 fully saturated rings. The lowest BCUT2D eigenvalue weighted by atomic mass is 10.2. The summed E-state index contributed by atoms with van der Waals surface area (Å²) in [4.78, 5) is 12.2. The van der Waals surface area contributed by atoms with Crippen LogP contribution < -0.4 is 19.5 Å². The molecule has 9 heteroatoms. The van der Waals surface area contributed by atoms with Crippen LogP contribution in [0.15, 0.2) is 47.6 Å². The summed E-state index contributed by atoms with van der Waals surface area (Å²) in [7, 11) is 5.03. The number of aryl methyl sites for hydroxylation is 1. The van der Waals surface area contributed by atoms with Gasteiger partial charge in [-0.2, -0.15) is 0 Å². The van der Waals surface area contributed by atoms with Gasteiger partial charge in [0.1, 0.15) is 12.4 Å². The molecule has 3 aromatic rings. The molecule has 0 unspecified atom stereocenters. The molecular formula is C21H24N4O4S. The highest BCUT2D eigenvalue weighted by atomic mass is 32.2. The molecule has 1 heterocycles. The number of carbonyl (C=O) groups excluding carboxylic acids is 1. The SMILES string of the molecule is COc1cccc(NC(=O)CSc2nnc(COc3ccc(C)cc3OC)n2C)c1.